The van der Waals surface area contributed by atoms with E-state index < -0.39 is 0 Å². The van der Waals surface area contributed by atoms with Crippen molar-refractivity contribution in [3.05, 3.63) is 48.4 Å². The molecule has 1 saturated heterocycles. The second-order valence-electron chi connectivity index (χ2n) is 7.79. The van der Waals surface area contributed by atoms with E-state index in [9.17, 15) is 5.11 Å². The van der Waals surface area contributed by atoms with E-state index in [2.05, 4.69) is 37.3 Å². The Labute approximate surface area is 187 Å². The summed E-state index contributed by atoms with van der Waals surface area (Å²) >= 11 is 0. The molecule has 172 valence electrons. The molecule has 0 amide bonds. The number of aliphatic hydroxyl groups excluding tert-OH is 1. The Morgan fingerprint density at radius 1 is 1.16 bits per heavy atom. The average molecular weight is 442 g/mol. The number of methoxy groups -OCH3 is 2. The number of aliphatic hydroxyl groups is 1. The molecule has 4 rings (SSSR count). The highest BCUT2D eigenvalue weighted by Gasteiger charge is 2.29. The van der Waals surface area contributed by atoms with E-state index in [0.29, 0.717) is 19.5 Å². The molecule has 9 heteroatoms. The number of hydrogen-bond acceptors (Lipinski definition) is 8. The molecule has 0 spiro atoms. The third kappa shape index (κ3) is 5.02. The van der Waals surface area contributed by atoms with Gasteiger partial charge in [0.1, 0.15) is 24.0 Å². The molecular weight excluding hydrogens is 410 g/mol. The molecule has 3 heterocycles. The molecule has 0 radical (unpaired) electrons. The normalized spacial score (nSPS) is 18.5. The van der Waals surface area contributed by atoms with Gasteiger partial charge in [-0.15, -0.1) is 0 Å². The highest BCUT2D eigenvalue weighted by atomic mass is 16.7. The topological polar surface area (TPSA) is 103 Å². The predicted molar refractivity (Wildman–Crippen MR) is 122 cm³/mol. The van der Waals surface area contributed by atoms with E-state index in [0.717, 1.165) is 40.9 Å². The smallest absolute Gasteiger partial charge is 0.173 e. The Kier molecular flexibility index (Phi) is 7.54. The zero-order valence-electron chi connectivity index (χ0n) is 18.5. The molecule has 0 saturated carbocycles. The number of anilines is 2. The van der Waals surface area contributed by atoms with Crippen LogP contribution in [-0.4, -0.2) is 59.4 Å². The van der Waals surface area contributed by atoms with Gasteiger partial charge >= 0.3 is 0 Å². The van der Waals surface area contributed by atoms with Crippen molar-refractivity contribution in [2.24, 2.45) is 0 Å². The molecule has 0 aliphatic carbocycles. The number of aromatic nitrogens is 3. The van der Waals surface area contributed by atoms with E-state index in [-0.39, 0.29) is 25.2 Å². The first-order chi connectivity index (χ1) is 15.7. The number of hydrogen-bond donors (Lipinski definition) is 3. The summed E-state index contributed by atoms with van der Waals surface area (Å²) in [5.74, 6) is 0.747. The first kappa shape index (κ1) is 22.5. The highest BCUT2D eigenvalue weighted by Crippen LogP contribution is 2.37. The maximum atomic E-state index is 9.27. The zero-order chi connectivity index (χ0) is 22.3. The molecule has 2 atom stereocenters. The van der Waals surface area contributed by atoms with Gasteiger partial charge in [-0.2, -0.15) is 0 Å². The Hall–Kier alpha value is -2.72. The van der Waals surface area contributed by atoms with Crippen LogP contribution in [0.25, 0.3) is 11.0 Å². The summed E-state index contributed by atoms with van der Waals surface area (Å²) in [4.78, 5) is 9.10. The molecule has 9 nitrogen and oxygen atoms in total. The lowest BCUT2D eigenvalue weighted by atomic mass is 10.2. The number of ether oxygens (including phenoxy) is 3. The van der Waals surface area contributed by atoms with Crippen LogP contribution in [0.5, 0.6) is 0 Å². The van der Waals surface area contributed by atoms with Crippen molar-refractivity contribution in [3.63, 3.8) is 0 Å². The summed E-state index contributed by atoms with van der Waals surface area (Å²) in [5.41, 5.74) is 2.83. The van der Waals surface area contributed by atoms with E-state index >= 15 is 0 Å². The van der Waals surface area contributed by atoms with Crippen molar-refractivity contribution in [3.8, 4) is 0 Å². The summed E-state index contributed by atoms with van der Waals surface area (Å²) < 4.78 is 18.9. The molecule has 1 fully saturated rings. The molecule has 1 aliphatic heterocycles. The van der Waals surface area contributed by atoms with Gasteiger partial charge in [0.2, 0.25) is 0 Å². The van der Waals surface area contributed by atoms with Crippen LogP contribution in [0.4, 0.5) is 11.5 Å². The van der Waals surface area contributed by atoms with Gasteiger partial charge in [-0.1, -0.05) is 30.3 Å². The number of fused-ring (bicyclic) bond motifs is 1. The SMILES string of the molecule is COC(CNc1cn(C2CCC(CCO)O2)c2ncnc(NCc3ccccc3)c12)OC. The molecule has 2 aromatic heterocycles. The Balaban J connectivity index is 1.65. The summed E-state index contributed by atoms with van der Waals surface area (Å²) in [6, 6.07) is 10.2. The molecule has 3 aromatic rings. The molecule has 32 heavy (non-hydrogen) atoms. The van der Waals surface area contributed by atoms with Crippen molar-refractivity contribution in [2.75, 3.05) is 38.0 Å². The van der Waals surface area contributed by atoms with Crippen LogP contribution >= 0.6 is 0 Å². The lowest BCUT2D eigenvalue weighted by Gasteiger charge is -2.15. The summed E-state index contributed by atoms with van der Waals surface area (Å²) in [7, 11) is 3.23. The average Bonchev–Trinajstić information content (AvgIpc) is 3.44. The number of rotatable bonds is 11. The molecule has 3 N–H and O–H groups in total. The molecule has 2 unspecified atom stereocenters. The van der Waals surface area contributed by atoms with Gasteiger partial charge in [-0.3, -0.25) is 0 Å². The van der Waals surface area contributed by atoms with Crippen LogP contribution in [0.2, 0.25) is 0 Å². The van der Waals surface area contributed by atoms with Gasteiger partial charge in [-0.25, -0.2) is 9.97 Å². The largest absolute Gasteiger partial charge is 0.396 e. The zero-order valence-corrected chi connectivity index (χ0v) is 18.5. The van der Waals surface area contributed by atoms with Gasteiger partial charge < -0.3 is 34.5 Å². The summed E-state index contributed by atoms with van der Waals surface area (Å²) in [6.45, 7) is 1.24. The Morgan fingerprint density at radius 2 is 1.97 bits per heavy atom. The molecular formula is C23H31N5O4. The number of nitrogens with one attached hydrogen (secondary N) is 2. The van der Waals surface area contributed by atoms with E-state index in [1.807, 2.05) is 24.4 Å². The summed E-state index contributed by atoms with van der Waals surface area (Å²) in [6.07, 6.45) is 5.55. The number of benzene rings is 1. The highest BCUT2D eigenvalue weighted by molar-refractivity contribution is 5.99. The minimum Gasteiger partial charge on any atom is -0.396 e. The van der Waals surface area contributed by atoms with E-state index in [1.165, 1.54) is 0 Å². The van der Waals surface area contributed by atoms with Crippen molar-refractivity contribution in [1.29, 1.82) is 0 Å². The lowest BCUT2D eigenvalue weighted by molar-refractivity contribution is -0.0913. The predicted octanol–water partition coefficient (Wildman–Crippen LogP) is 3.13. The summed E-state index contributed by atoms with van der Waals surface area (Å²) in [5, 5.41) is 17.0. The van der Waals surface area contributed by atoms with E-state index in [4.69, 9.17) is 14.2 Å². The fraction of sp³-hybridized carbons (Fsp3) is 0.478. The third-order valence-corrected chi connectivity index (χ3v) is 5.74. The first-order valence-electron chi connectivity index (χ1n) is 10.9. The molecule has 0 bridgehead atoms. The fourth-order valence-corrected chi connectivity index (χ4v) is 4.06. The quantitative estimate of drug-likeness (QED) is 0.390. The van der Waals surface area contributed by atoms with Crippen LogP contribution in [0.1, 0.15) is 31.1 Å². The van der Waals surface area contributed by atoms with Gasteiger partial charge in [-0.05, 0) is 24.8 Å². The Morgan fingerprint density at radius 3 is 2.72 bits per heavy atom. The second-order valence-corrected chi connectivity index (χ2v) is 7.79. The van der Waals surface area contributed by atoms with Crippen LogP contribution < -0.4 is 10.6 Å². The standard InChI is InChI=1S/C23H31N5O4/c1-30-20(31-2)13-24-18-14-28(19-9-8-17(32-19)10-11-29)23-21(18)22(26-15-27-23)25-12-16-6-4-3-5-7-16/h3-7,14-15,17,19-20,24,29H,8-13H2,1-2H3,(H,25,26,27). The Bertz CT molecular complexity index is 993. The van der Waals surface area contributed by atoms with Gasteiger partial charge in [0, 0.05) is 33.6 Å². The minimum atomic E-state index is -0.379. The van der Waals surface area contributed by atoms with Crippen molar-refractivity contribution < 1.29 is 19.3 Å². The van der Waals surface area contributed by atoms with Crippen molar-refractivity contribution >= 4 is 22.5 Å². The molecule has 1 aliphatic rings. The van der Waals surface area contributed by atoms with Gasteiger partial charge in [0.25, 0.3) is 0 Å². The van der Waals surface area contributed by atoms with Crippen molar-refractivity contribution in [1.82, 2.24) is 14.5 Å². The number of nitrogens with zero attached hydrogens (tertiary/aromatic N) is 3. The van der Waals surface area contributed by atoms with Crippen LogP contribution in [0.3, 0.4) is 0 Å². The van der Waals surface area contributed by atoms with Crippen molar-refractivity contribution in [2.45, 2.75) is 44.4 Å². The second kappa shape index (κ2) is 10.7. The lowest BCUT2D eigenvalue weighted by Crippen LogP contribution is -2.23. The maximum absolute atomic E-state index is 9.27. The van der Waals surface area contributed by atoms with Crippen LogP contribution in [-0.2, 0) is 20.8 Å². The van der Waals surface area contributed by atoms with Crippen LogP contribution in [0, 0.1) is 0 Å². The third-order valence-electron chi connectivity index (χ3n) is 5.74. The van der Waals surface area contributed by atoms with Crippen LogP contribution in [0.15, 0.2) is 42.9 Å². The minimum absolute atomic E-state index is 0.0581. The molecule has 1 aromatic carbocycles. The first-order valence-corrected chi connectivity index (χ1v) is 10.9. The fourth-order valence-electron chi connectivity index (χ4n) is 4.06. The van der Waals surface area contributed by atoms with E-state index in [1.54, 1.807) is 20.5 Å². The maximum Gasteiger partial charge on any atom is 0.173 e. The van der Waals surface area contributed by atoms with Gasteiger partial charge in [0.05, 0.1) is 23.7 Å². The van der Waals surface area contributed by atoms with Gasteiger partial charge in [0.15, 0.2) is 6.29 Å². The monoisotopic (exact) mass is 441 g/mol.